The van der Waals surface area contributed by atoms with Crippen molar-refractivity contribution < 1.29 is 8.78 Å². The number of halogens is 2. The minimum absolute atomic E-state index is 0.108. The van der Waals surface area contributed by atoms with Gasteiger partial charge in [0.05, 0.1) is 0 Å². The Hall–Kier alpha value is -1.74. The van der Waals surface area contributed by atoms with Crippen molar-refractivity contribution in [2.75, 3.05) is 0 Å². The number of benzene rings is 2. The van der Waals surface area contributed by atoms with Gasteiger partial charge in [-0.05, 0) is 41.2 Å². The van der Waals surface area contributed by atoms with Gasteiger partial charge in [-0.15, -0.1) is 0 Å². The van der Waals surface area contributed by atoms with Gasteiger partial charge in [0.25, 0.3) is 0 Å². The zero-order chi connectivity index (χ0) is 29.0. The van der Waals surface area contributed by atoms with Crippen molar-refractivity contribution in [3.63, 3.8) is 0 Å². The highest BCUT2D eigenvalue weighted by Gasteiger charge is 2.43. The number of fused-ring (bicyclic) bond motifs is 3. The largest absolute Gasteiger partial charge is 0.214 e. The van der Waals surface area contributed by atoms with E-state index in [9.17, 15) is 0 Å². The van der Waals surface area contributed by atoms with Crippen LogP contribution in [-0.4, -0.2) is 8.07 Å². The fraction of sp³-hybridized carbons (Fsp3) is 0.622. The van der Waals surface area contributed by atoms with E-state index in [4.69, 9.17) is 0 Å². The molecule has 0 atom stereocenters. The lowest BCUT2D eigenvalue weighted by Crippen LogP contribution is -2.33. The highest BCUT2D eigenvalue weighted by atomic mass is 28.3. The summed E-state index contributed by atoms with van der Waals surface area (Å²) in [4.78, 5) is 0. The number of hydrogen-bond acceptors (Lipinski definition) is 0. The van der Waals surface area contributed by atoms with Gasteiger partial charge < -0.3 is 0 Å². The maximum Gasteiger partial charge on any atom is 0.157 e. The van der Waals surface area contributed by atoms with Gasteiger partial charge in [-0.3, -0.25) is 0 Å². The predicted octanol–water partition coefficient (Wildman–Crippen LogP) is 13.1. The molecular formula is C37H56F2Si. The summed E-state index contributed by atoms with van der Waals surface area (Å²) in [6.45, 7) is 10.7. The fourth-order valence-electron chi connectivity index (χ4n) is 7.24. The van der Waals surface area contributed by atoms with Crippen LogP contribution in [0, 0.1) is 0 Å². The van der Waals surface area contributed by atoms with Gasteiger partial charge in [0.1, 0.15) is 13.5 Å². The normalized spacial score (nSPS) is 14.7. The summed E-state index contributed by atoms with van der Waals surface area (Å²) in [5, 5.41) is 0. The molecular weight excluding hydrogens is 510 g/mol. The summed E-state index contributed by atoms with van der Waals surface area (Å²) < 4.78 is 31.9. The SMILES string of the molecule is CCCCCCCCC1(CCCCCCCC)c2ccccc2-c2ccc(/C(F)=C(\F)[Si](CC)(CC)CC)cc21. The lowest BCUT2D eigenvalue weighted by molar-refractivity contribution is 0.397. The Kier molecular flexibility index (Phi) is 13.1. The summed E-state index contributed by atoms with van der Waals surface area (Å²) >= 11 is 0. The molecule has 0 nitrogen and oxygen atoms in total. The summed E-state index contributed by atoms with van der Waals surface area (Å²) in [6, 6.07) is 17.1. The monoisotopic (exact) mass is 566 g/mol. The summed E-state index contributed by atoms with van der Waals surface area (Å²) in [5.74, 6) is -0.594. The maximum atomic E-state index is 16.0. The van der Waals surface area contributed by atoms with Crippen LogP contribution in [0.4, 0.5) is 8.78 Å². The molecule has 0 bridgehead atoms. The Morgan fingerprint density at radius 1 is 0.600 bits per heavy atom. The molecule has 1 aliphatic carbocycles. The van der Waals surface area contributed by atoms with Crippen molar-refractivity contribution in [2.45, 2.75) is 148 Å². The molecule has 0 heterocycles. The minimum Gasteiger partial charge on any atom is -0.214 e. The minimum atomic E-state index is -2.43. The van der Waals surface area contributed by atoms with Gasteiger partial charge in [-0.1, -0.05) is 166 Å². The molecule has 0 saturated carbocycles. The molecule has 40 heavy (non-hydrogen) atoms. The Balaban J connectivity index is 2.03. The molecule has 0 amide bonds. The first-order chi connectivity index (χ1) is 19.4. The van der Waals surface area contributed by atoms with Crippen LogP contribution in [0.5, 0.6) is 0 Å². The lowest BCUT2D eigenvalue weighted by atomic mass is 9.70. The number of hydrogen-bond donors (Lipinski definition) is 0. The summed E-state index contributed by atoms with van der Waals surface area (Å²) in [7, 11) is -2.43. The van der Waals surface area contributed by atoms with Crippen LogP contribution in [-0.2, 0) is 5.41 Å². The molecule has 2 aromatic carbocycles. The average Bonchev–Trinajstić information content (AvgIpc) is 3.26. The molecule has 3 rings (SSSR count). The van der Waals surface area contributed by atoms with Crippen LogP contribution in [0.3, 0.4) is 0 Å². The second-order valence-corrected chi connectivity index (χ2v) is 17.5. The zero-order valence-corrected chi connectivity index (χ0v) is 27.3. The predicted molar refractivity (Wildman–Crippen MR) is 175 cm³/mol. The van der Waals surface area contributed by atoms with Crippen molar-refractivity contribution in [3.05, 3.63) is 64.6 Å². The van der Waals surface area contributed by atoms with Gasteiger partial charge in [0, 0.05) is 11.0 Å². The third-order valence-electron chi connectivity index (χ3n) is 10.1. The second-order valence-electron chi connectivity index (χ2n) is 12.4. The van der Waals surface area contributed by atoms with Gasteiger partial charge in [0.2, 0.25) is 0 Å². The van der Waals surface area contributed by atoms with E-state index in [1.54, 1.807) is 0 Å². The van der Waals surface area contributed by atoms with Crippen molar-refractivity contribution in [1.29, 1.82) is 0 Å². The van der Waals surface area contributed by atoms with Crippen LogP contribution < -0.4 is 0 Å². The molecule has 0 radical (unpaired) electrons. The fourth-order valence-corrected chi connectivity index (χ4v) is 10.3. The third-order valence-corrected chi connectivity index (χ3v) is 15.3. The van der Waals surface area contributed by atoms with E-state index in [0.29, 0.717) is 5.56 Å². The Morgan fingerprint density at radius 2 is 1.10 bits per heavy atom. The standard InChI is InChI=1S/C37H56F2Si/c1-6-11-13-15-17-21-27-37(28-22-18-16-14-12-7-2)33-24-20-19-23-31(33)32-26-25-30(29-34(32)37)35(38)36(39)40(8-3,9-4)10-5/h19-20,23-26,29H,6-18,21-22,27-28H2,1-5H3/b36-35-. The first-order valence-electron chi connectivity index (χ1n) is 16.7. The van der Waals surface area contributed by atoms with E-state index in [1.807, 2.05) is 26.8 Å². The first kappa shape index (κ1) is 32.8. The third kappa shape index (κ3) is 7.17. The van der Waals surface area contributed by atoms with Crippen LogP contribution in [0.25, 0.3) is 17.0 Å². The molecule has 2 aromatic rings. The number of rotatable bonds is 19. The number of unbranched alkanes of at least 4 members (excludes halogenated alkanes) is 10. The molecule has 0 spiro atoms. The molecule has 0 N–H and O–H groups in total. The summed E-state index contributed by atoms with van der Waals surface area (Å²) in [6.07, 6.45) is 17.4. The van der Waals surface area contributed by atoms with Crippen LogP contribution in [0.2, 0.25) is 18.1 Å². The molecule has 0 fully saturated rings. The molecule has 1 aliphatic rings. The van der Waals surface area contributed by atoms with Crippen molar-refractivity contribution in [3.8, 4) is 11.1 Å². The molecule has 3 heteroatoms. The van der Waals surface area contributed by atoms with E-state index in [0.717, 1.165) is 31.0 Å². The second kappa shape index (κ2) is 16.0. The van der Waals surface area contributed by atoms with Gasteiger partial charge in [-0.2, -0.15) is 0 Å². The van der Waals surface area contributed by atoms with Gasteiger partial charge >= 0.3 is 0 Å². The molecule has 0 unspecified atom stereocenters. The zero-order valence-electron chi connectivity index (χ0n) is 26.3. The molecule has 222 valence electrons. The van der Waals surface area contributed by atoms with Crippen LogP contribution in [0.1, 0.15) is 141 Å². The maximum absolute atomic E-state index is 16.0. The van der Waals surface area contributed by atoms with E-state index in [1.165, 1.54) is 99.3 Å². The smallest absolute Gasteiger partial charge is 0.157 e. The van der Waals surface area contributed by atoms with Gasteiger partial charge in [-0.25, -0.2) is 8.78 Å². The van der Waals surface area contributed by atoms with Crippen molar-refractivity contribution in [2.24, 2.45) is 0 Å². The van der Waals surface area contributed by atoms with E-state index in [2.05, 4.69) is 50.2 Å². The quantitative estimate of drug-likeness (QED) is 0.117. The first-order valence-corrected chi connectivity index (χ1v) is 19.4. The molecule has 0 saturated heterocycles. The van der Waals surface area contributed by atoms with Gasteiger partial charge in [0.15, 0.2) is 5.83 Å². The van der Waals surface area contributed by atoms with E-state index < -0.39 is 19.4 Å². The highest BCUT2D eigenvalue weighted by Crippen LogP contribution is 2.55. The Bertz CT molecular complexity index is 1060. The van der Waals surface area contributed by atoms with E-state index >= 15 is 8.78 Å². The van der Waals surface area contributed by atoms with E-state index in [-0.39, 0.29) is 5.41 Å². The molecule has 0 aromatic heterocycles. The van der Waals surface area contributed by atoms with Crippen LogP contribution in [0.15, 0.2) is 47.9 Å². The summed E-state index contributed by atoms with van der Waals surface area (Å²) in [5.41, 5.74) is 5.10. The van der Waals surface area contributed by atoms with Crippen LogP contribution >= 0.6 is 0 Å². The Labute approximate surface area is 246 Å². The lowest BCUT2D eigenvalue weighted by Gasteiger charge is -2.33. The Morgan fingerprint density at radius 3 is 1.65 bits per heavy atom. The topological polar surface area (TPSA) is 0 Å². The van der Waals surface area contributed by atoms with Crippen molar-refractivity contribution >= 4 is 13.9 Å². The highest BCUT2D eigenvalue weighted by molar-refractivity contribution is 6.86. The van der Waals surface area contributed by atoms with Crippen molar-refractivity contribution in [1.82, 2.24) is 0 Å². The average molecular weight is 567 g/mol. The molecule has 0 aliphatic heterocycles.